The molecular weight excluding hydrogens is 246 g/mol. The fraction of sp³-hybridized carbons (Fsp3) is 0.278. The summed E-state index contributed by atoms with van der Waals surface area (Å²) < 4.78 is 2.31. The molecule has 1 aliphatic rings. The zero-order chi connectivity index (χ0) is 13.7. The molecule has 1 heterocycles. The van der Waals surface area contributed by atoms with Crippen LogP contribution < -0.4 is 0 Å². The number of para-hydroxylation sites is 1. The molecule has 0 N–H and O–H groups in total. The predicted molar refractivity (Wildman–Crippen MR) is 82.4 cm³/mol. The van der Waals surface area contributed by atoms with Gasteiger partial charge >= 0.3 is 0 Å². The predicted octanol–water partition coefficient (Wildman–Crippen LogP) is 4.33. The Hall–Kier alpha value is -2.09. The first-order chi connectivity index (χ1) is 9.79. The Morgan fingerprint density at radius 2 is 1.90 bits per heavy atom. The maximum Gasteiger partial charge on any atom is 0.163 e. The molecule has 2 heteroatoms. The third-order valence-corrected chi connectivity index (χ3v) is 4.46. The molecule has 0 radical (unpaired) electrons. The van der Waals surface area contributed by atoms with E-state index in [1.807, 2.05) is 0 Å². The standard InChI is InChI=1S/C18H17NO/c1-2-19-16-8-4-3-7-13(16)15-10-12-6-5-9-18(20)14(12)11-17(15)19/h3-4,7-8,10-11H,2,5-6,9H2,1H3. The van der Waals surface area contributed by atoms with Crippen molar-refractivity contribution >= 4 is 27.6 Å². The Morgan fingerprint density at radius 1 is 1.05 bits per heavy atom. The van der Waals surface area contributed by atoms with Crippen molar-refractivity contribution in [1.29, 1.82) is 0 Å². The summed E-state index contributed by atoms with van der Waals surface area (Å²) in [7, 11) is 0. The van der Waals surface area contributed by atoms with Gasteiger partial charge < -0.3 is 4.57 Å². The first-order valence-electron chi connectivity index (χ1n) is 7.36. The van der Waals surface area contributed by atoms with Gasteiger partial charge in [0.2, 0.25) is 0 Å². The van der Waals surface area contributed by atoms with Crippen molar-refractivity contribution in [2.24, 2.45) is 0 Å². The summed E-state index contributed by atoms with van der Waals surface area (Å²) >= 11 is 0. The molecule has 1 aliphatic carbocycles. The molecule has 1 aromatic heterocycles. The Kier molecular flexibility index (Phi) is 2.46. The molecule has 20 heavy (non-hydrogen) atoms. The van der Waals surface area contributed by atoms with Gasteiger partial charge in [-0.15, -0.1) is 0 Å². The highest BCUT2D eigenvalue weighted by Gasteiger charge is 2.20. The first kappa shape index (κ1) is 11.7. The van der Waals surface area contributed by atoms with Crippen molar-refractivity contribution in [1.82, 2.24) is 4.57 Å². The molecule has 0 saturated carbocycles. The lowest BCUT2D eigenvalue weighted by atomic mass is 9.89. The molecule has 2 nitrogen and oxygen atoms in total. The molecule has 2 aromatic carbocycles. The summed E-state index contributed by atoms with van der Waals surface area (Å²) in [5.41, 5.74) is 4.64. The maximum absolute atomic E-state index is 12.1. The van der Waals surface area contributed by atoms with Crippen LogP contribution in [0.5, 0.6) is 0 Å². The van der Waals surface area contributed by atoms with Gasteiger partial charge in [-0.2, -0.15) is 0 Å². The van der Waals surface area contributed by atoms with Gasteiger partial charge in [-0.25, -0.2) is 0 Å². The number of nitrogens with zero attached hydrogens (tertiary/aromatic N) is 1. The minimum absolute atomic E-state index is 0.307. The van der Waals surface area contributed by atoms with E-state index in [4.69, 9.17) is 0 Å². The molecule has 100 valence electrons. The molecule has 0 fully saturated rings. The van der Waals surface area contributed by atoms with Gasteiger partial charge in [0.25, 0.3) is 0 Å². The summed E-state index contributed by atoms with van der Waals surface area (Å²) in [5, 5.41) is 2.58. The summed E-state index contributed by atoms with van der Waals surface area (Å²) in [6.07, 6.45) is 2.72. The van der Waals surface area contributed by atoms with Crippen LogP contribution in [0.25, 0.3) is 21.8 Å². The first-order valence-corrected chi connectivity index (χ1v) is 7.36. The van der Waals surface area contributed by atoms with Crippen LogP contribution in [-0.2, 0) is 13.0 Å². The van der Waals surface area contributed by atoms with Crippen LogP contribution in [0.1, 0.15) is 35.7 Å². The average molecular weight is 263 g/mol. The van der Waals surface area contributed by atoms with Gasteiger partial charge in [0.15, 0.2) is 5.78 Å². The second kappa shape index (κ2) is 4.20. The number of hydrogen-bond donors (Lipinski definition) is 0. The Balaban J connectivity index is 2.17. The summed E-state index contributed by atoms with van der Waals surface area (Å²) in [6.45, 7) is 3.09. The molecule has 0 aliphatic heterocycles. The van der Waals surface area contributed by atoms with Gasteiger partial charge in [0.05, 0.1) is 0 Å². The summed E-state index contributed by atoms with van der Waals surface area (Å²) in [5.74, 6) is 0.307. The Bertz CT molecular complexity index is 841. The number of fused-ring (bicyclic) bond motifs is 4. The van der Waals surface area contributed by atoms with Crippen molar-refractivity contribution in [2.75, 3.05) is 0 Å². The normalized spacial score (nSPS) is 14.9. The Labute approximate surface area is 118 Å². The highest BCUT2D eigenvalue weighted by molar-refractivity contribution is 6.11. The number of aromatic nitrogens is 1. The number of carbonyl (C=O) groups excluding carboxylic acids is 1. The van der Waals surface area contributed by atoms with Crippen molar-refractivity contribution in [3.05, 3.63) is 47.5 Å². The fourth-order valence-corrected chi connectivity index (χ4v) is 3.52. The van der Waals surface area contributed by atoms with Crippen LogP contribution in [0.3, 0.4) is 0 Å². The van der Waals surface area contributed by atoms with Crippen molar-refractivity contribution in [3.63, 3.8) is 0 Å². The third-order valence-electron chi connectivity index (χ3n) is 4.46. The second-order valence-electron chi connectivity index (χ2n) is 5.56. The van der Waals surface area contributed by atoms with E-state index in [0.717, 1.165) is 24.9 Å². The highest BCUT2D eigenvalue weighted by Crippen LogP contribution is 2.33. The van der Waals surface area contributed by atoms with Gasteiger partial charge in [0.1, 0.15) is 0 Å². The smallest absolute Gasteiger partial charge is 0.163 e. The molecule has 0 bridgehead atoms. The minimum atomic E-state index is 0.307. The van der Waals surface area contributed by atoms with E-state index in [1.54, 1.807) is 0 Å². The van der Waals surface area contributed by atoms with E-state index in [-0.39, 0.29) is 0 Å². The van der Waals surface area contributed by atoms with E-state index in [9.17, 15) is 4.79 Å². The number of carbonyl (C=O) groups is 1. The zero-order valence-corrected chi connectivity index (χ0v) is 11.6. The SMILES string of the molecule is CCn1c2ccccc2c2cc3c(cc21)C(=O)CCC3. The van der Waals surface area contributed by atoms with Crippen molar-refractivity contribution in [3.8, 4) is 0 Å². The molecular formula is C18H17NO. The van der Waals surface area contributed by atoms with Crippen LogP contribution in [-0.4, -0.2) is 10.4 Å². The van der Waals surface area contributed by atoms with E-state index in [2.05, 4.69) is 47.9 Å². The molecule has 0 spiro atoms. The summed E-state index contributed by atoms with van der Waals surface area (Å²) in [4.78, 5) is 12.1. The number of benzene rings is 2. The number of aryl methyl sites for hydroxylation is 2. The minimum Gasteiger partial charge on any atom is -0.341 e. The molecule has 0 atom stereocenters. The zero-order valence-electron chi connectivity index (χ0n) is 11.6. The quantitative estimate of drug-likeness (QED) is 0.640. The molecule has 4 rings (SSSR count). The van der Waals surface area contributed by atoms with E-state index < -0.39 is 0 Å². The lowest BCUT2D eigenvalue weighted by molar-refractivity contribution is 0.0972. The molecule has 0 unspecified atom stereocenters. The average Bonchev–Trinajstić information content (AvgIpc) is 2.79. The largest absolute Gasteiger partial charge is 0.341 e. The van der Waals surface area contributed by atoms with Gasteiger partial charge in [0, 0.05) is 40.3 Å². The fourth-order valence-electron chi connectivity index (χ4n) is 3.52. The number of Topliss-reactive ketones (excluding diaryl/α,β-unsaturated/α-hetero) is 1. The maximum atomic E-state index is 12.1. The molecule has 3 aromatic rings. The van der Waals surface area contributed by atoms with Crippen LogP contribution in [0.4, 0.5) is 0 Å². The highest BCUT2D eigenvalue weighted by atomic mass is 16.1. The van der Waals surface area contributed by atoms with Crippen LogP contribution in [0, 0.1) is 0 Å². The van der Waals surface area contributed by atoms with E-state index >= 15 is 0 Å². The molecule has 0 amide bonds. The molecule has 0 saturated heterocycles. The Morgan fingerprint density at radius 3 is 2.75 bits per heavy atom. The third kappa shape index (κ3) is 1.48. The van der Waals surface area contributed by atoms with Crippen LogP contribution >= 0.6 is 0 Å². The van der Waals surface area contributed by atoms with Gasteiger partial charge in [-0.05, 0) is 43.5 Å². The second-order valence-corrected chi connectivity index (χ2v) is 5.56. The number of ketones is 1. The monoisotopic (exact) mass is 263 g/mol. The number of hydrogen-bond acceptors (Lipinski definition) is 1. The summed E-state index contributed by atoms with van der Waals surface area (Å²) in [6, 6.07) is 12.9. The van der Waals surface area contributed by atoms with Gasteiger partial charge in [-0.3, -0.25) is 4.79 Å². The van der Waals surface area contributed by atoms with Gasteiger partial charge in [-0.1, -0.05) is 18.2 Å². The topological polar surface area (TPSA) is 22.0 Å². The van der Waals surface area contributed by atoms with Crippen molar-refractivity contribution < 1.29 is 4.79 Å². The van der Waals surface area contributed by atoms with Crippen molar-refractivity contribution in [2.45, 2.75) is 32.7 Å². The lowest BCUT2D eigenvalue weighted by Crippen LogP contribution is -2.10. The lowest BCUT2D eigenvalue weighted by Gasteiger charge is -2.15. The number of rotatable bonds is 1. The van der Waals surface area contributed by atoms with Crippen LogP contribution in [0.2, 0.25) is 0 Å². The van der Waals surface area contributed by atoms with Crippen LogP contribution in [0.15, 0.2) is 36.4 Å². The van der Waals surface area contributed by atoms with E-state index in [1.165, 1.54) is 27.4 Å². The van der Waals surface area contributed by atoms with E-state index in [0.29, 0.717) is 12.2 Å².